The normalized spacial score (nSPS) is 30.6. The first-order valence-corrected chi connectivity index (χ1v) is 12.8. The number of halogens is 1. The number of aliphatic hydroxyl groups is 1. The maximum absolute atomic E-state index is 13.2. The number of hydrogen-bond acceptors (Lipinski definition) is 4. The Kier molecular flexibility index (Phi) is 8.71. The van der Waals surface area contributed by atoms with Crippen LogP contribution in [0.25, 0.3) is 0 Å². The molecule has 2 N–H and O–H groups in total. The molecular formula is C28H39ClN2O4. The average molecular weight is 503 g/mol. The van der Waals surface area contributed by atoms with Gasteiger partial charge < -0.3 is 20.1 Å². The molecule has 192 valence electrons. The van der Waals surface area contributed by atoms with E-state index in [-0.39, 0.29) is 24.3 Å². The minimum atomic E-state index is -0.741. The largest absolute Gasteiger partial charge is 0.446 e. The van der Waals surface area contributed by atoms with Gasteiger partial charge in [-0.2, -0.15) is 0 Å². The Bertz CT molecular complexity index is 1020. The van der Waals surface area contributed by atoms with Gasteiger partial charge in [0.25, 0.3) is 0 Å². The summed E-state index contributed by atoms with van der Waals surface area (Å²) in [6, 6.07) is 4.00. The highest BCUT2D eigenvalue weighted by molar-refractivity contribution is 6.34. The number of nitrogens with zero attached hydrogens (tertiary/aromatic N) is 1. The Morgan fingerprint density at radius 1 is 1.23 bits per heavy atom. The first-order chi connectivity index (χ1) is 16.4. The van der Waals surface area contributed by atoms with Crippen molar-refractivity contribution in [3.05, 3.63) is 52.1 Å². The molecule has 1 aromatic carbocycles. The standard InChI is InChI=1S/C28H39ClN2O4/c1-17-9-7-8-10-21-16-23(35-27(34)30-21)19(3)26(33)28(4,5)12-11-24(32)31(6)22-15-20(13-17)14-18(2)25(22)29/h7-9,14-15,19,21,23,26,33H,10-13,16H2,1-6H3,(H,30,34)/b8-7+,17-9+/t19?,21?,23-,26-/m1/s1. The number of anilines is 1. The van der Waals surface area contributed by atoms with E-state index in [1.54, 1.807) is 11.9 Å². The topological polar surface area (TPSA) is 78.9 Å². The molecule has 6 nitrogen and oxygen atoms in total. The molecule has 1 aromatic rings. The highest BCUT2D eigenvalue weighted by Gasteiger charge is 2.40. The van der Waals surface area contributed by atoms with Crippen LogP contribution in [0.3, 0.4) is 0 Å². The number of aryl methyl sites for hydroxylation is 1. The van der Waals surface area contributed by atoms with Crippen LogP contribution in [-0.2, 0) is 16.0 Å². The number of nitrogens with one attached hydrogen (secondary N) is 1. The molecule has 0 spiro atoms. The monoisotopic (exact) mass is 502 g/mol. The van der Waals surface area contributed by atoms with Crippen molar-refractivity contribution in [2.75, 3.05) is 11.9 Å². The van der Waals surface area contributed by atoms with Crippen molar-refractivity contribution >= 4 is 29.3 Å². The Labute approximate surface area is 214 Å². The number of aliphatic hydroxyl groups excluding tert-OH is 1. The van der Waals surface area contributed by atoms with E-state index in [0.717, 1.165) is 17.5 Å². The summed E-state index contributed by atoms with van der Waals surface area (Å²) < 4.78 is 5.56. The lowest BCUT2D eigenvalue weighted by atomic mass is 9.74. The van der Waals surface area contributed by atoms with Crippen LogP contribution in [0.2, 0.25) is 5.02 Å². The van der Waals surface area contributed by atoms with Crippen LogP contribution in [0.4, 0.5) is 10.5 Å². The predicted molar refractivity (Wildman–Crippen MR) is 141 cm³/mol. The van der Waals surface area contributed by atoms with Gasteiger partial charge in [-0.1, -0.05) is 62.2 Å². The summed E-state index contributed by atoms with van der Waals surface area (Å²) >= 11 is 6.61. The summed E-state index contributed by atoms with van der Waals surface area (Å²) in [5.74, 6) is -0.328. The van der Waals surface area contributed by atoms with Crippen molar-refractivity contribution < 1.29 is 19.4 Å². The fourth-order valence-corrected chi connectivity index (χ4v) is 5.26. The second kappa shape index (κ2) is 11.2. The number of carbonyl (C=O) groups excluding carboxylic acids is 2. The quantitative estimate of drug-likeness (QED) is 0.474. The van der Waals surface area contributed by atoms with Gasteiger partial charge in [-0.15, -0.1) is 0 Å². The summed E-state index contributed by atoms with van der Waals surface area (Å²) in [5.41, 5.74) is 3.35. The maximum atomic E-state index is 13.2. The number of benzene rings is 1. The second-order valence-electron chi connectivity index (χ2n) is 10.9. The summed E-state index contributed by atoms with van der Waals surface area (Å²) in [4.78, 5) is 27.0. The number of rotatable bonds is 0. The summed E-state index contributed by atoms with van der Waals surface area (Å²) in [6.45, 7) is 9.86. The van der Waals surface area contributed by atoms with E-state index in [1.165, 1.54) is 5.57 Å². The smallest absolute Gasteiger partial charge is 0.407 e. The minimum absolute atomic E-state index is 0.0530. The van der Waals surface area contributed by atoms with Gasteiger partial charge in [0.15, 0.2) is 0 Å². The molecule has 2 amide bonds. The molecule has 2 aliphatic rings. The van der Waals surface area contributed by atoms with Crippen LogP contribution >= 0.6 is 11.6 Å². The van der Waals surface area contributed by atoms with Crippen molar-refractivity contribution in [3.63, 3.8) is 0 Å². The Morgan fingerprint density at radius 3 is 2.66 bits per heavy atom. The fraction of sp³-hybridized carbons (Fsp3) is 0.571. The third-order valence-electron chi connectivity index (χ3n) is 7.42. The van der Waals surface area contributed by atoms with Gasteiger partial charge in [-0.25, -0.2) is 4.79 Å². The highest BCUT2D eigenvalue weighted by Crippen LogP contribution is 2.36. The number of allylic oxidation sites excluding steroid dienone is 3. The van der Waals surface area contributed by atoms with Gasteiger partial charge in [0.2, 0.25) is 5.91 Å². The van der Waals surface area contributed by atoms with Gasteiger partial charge in [0, 0.05) is 31.8 Å². The van der Waals surface area contributed by atoms with Gasteiger partial charge in [-0.05, 0) is 55.7 Å². The Balaban J connectivity index is 1.95. The third kappa shape index (κ3) is 6.68. The SMILES string of the molecule is C/C1=C\C=C\CC2C[C@@H](OC(=O)N2)C(C)[C@@H](O)C(C)(C)CCC(=O)N(C)c2cc(cc(C)c2Cl)C1. The van der Waals surface area contributed by atoms with Gasteiger partial charge >= 0.3 is 6.09 Å². The molecule has 0 saturated carbocycles. The van der Waals surface area contributed by atoms with E-state index in [9.17, 15) is 14.7 Å². The zero-order valence-corrected chi connectivity index (χ0v) is 22.5. The summed E-state index contributed by atoms with van der Waals surface area (Å²) in [6.07, 6.45) is 7.37. The molecule has 3 rings (SSSR count). The van der Waals surface area contributed by atoms with Crippen LogP contribution in [0, 0.1) is 18.3 Å². The molecule has 2 unspecified atom stereocenters. The number of ether oxygens (including phenoxy) is 1. The number of amides is 2. The molecule has 4 atom stereocenters. The lowest BCUT2D eigenvalue weighted by molar-refractivity contribution is -0.119. The molecule has 2 heterocycles. The van der Waals surface area contributed by atoms with E-state index in [2.05, 4.69) is 30.5 Å². The van der Waals surface area contributed by atoms with Gasteiger partial charge in [-0.3, -0.25) is 4.79 Å². The van der Waals surface area contributed by atoms with Crippen LogP contribution in [-0.4, -0.2) is 42.4 Å². The summed E-state index contributed by atoms with van der Waals surface area (Å²) in [5, 5.41) is 14.7. The van der Waals surface area contributed by atoms with Crippen molar-refractivity contribution in [2.24, 2.45) is 11.3 Å². The minimum Gasteiger partial charge on any atom is -0.446 e. The molecule has 1 fully saturated rings. The van der Waals surface area contributed by atoms with Gasteiger partial charge in [0.1, 0.15) is 6.10 Å². The first-order valence-electron chi connectivity index (χ1n) is 12.4. The molecule has 35 heavy (non-hydrogen) atoms. The van der Waals surface area contributed by atoms with E-state index < -0.39 is 23.7 Å². The lowest BCUT2D eigenvalue weighted by Gasteiger charge is -2.40. The molecule has 2 aliphatic heterocycles. The molecular weight excluding hydrogens is 464 g/mol. The first kappa shape index (κ1) is 27.3. The van der Waals surface area contributed by atoms with E-state index >= 15 is 0 Å². The van der Waals surface area contributed by atoms with Crippen molar-refractivity contribution in [3.8, 4) is 0 Å². The van der Waals surface area contributed by atoms with E-state index in [4.69, 9.17) is 16.3 Å². The van der Waals surface area contributed by atoms with Crippen LogP contribution in [0.1, 0.15) is 64.5 Å². The number of carbonyl (C=O) groups is 2. The van der Waals surface area contributed by atoms with Crippen LogP contribution < -0.4 is 10.2 Å². The van der Waals surface area contributed by atoms with Crippen molar-refractivity contribution in [1.29, 1.82) is 0 Å². The number of hydrogen-bond donors (Lipinski definition) is 2. The molecule has 7 heteroatoms. The molecule has 0 aliphatic carbocycles. The number of alkyl carbamates (subject to hydrolysis) is 1. The van der Waals surface area contributed by atoms with E-state index in [1.807, 2.05) is 39.8 Å². The summed E-state index contributed by atoms with van der Waals surface area (Å²) in [7, 11) is 1.75. The molecule has 0 radical (unpaired) electrons. The van der Waals surface area contributed by atoms with Crippen molar-refractivity contribution in [2.45, 2.75) is 85.0 Å². The fourth-order valence-electron chi connectivity index (χ4n) is 5.02. The Hall–Kier alpha value is -2.31. The number of fused-ring (bicyclic) bond motifs is 4. The van der Waals surface area contributed by atoms with Gasteiger partial charge in [0.05, 0.1) is 16.8 Å². The van der Waals surface area contributed by atoms with Crippen LogP contribution in [0.15, 0.2) is 35.9 Å². The molecule has 1 saturated heterocycles. The average Bonchev–Trinajstić information content (AvgIpc) is 2.80. The predicted octanol–water partition coefficient (Wildman–Crippen LogP) is 5.73. The zero-order valence-electron chi connectivity index (χ0n) is 21.7. The molecule has 4 bridgehead atoms. The zero-order chi connectivity index (χ0) is 25.9. The highest BCUT2D eigenvalue weighted by atomic mass is 35.5. The lowest BCUT2D eigenvalue weighted by Crippen LogP contribution is -2.51. The van der Waals surface area contributed by atoms with Crippen molar-refractivity contribution in [1.82, 2.24) is 5.32 Å². The Morgan fingerprint density at radius 2 is 1.94 bits per heavy atom. The third-order valence-corrected chi connectivity index (χ3v) is 7.91. The second-order valence-corrected chi connectivity index (χ2v) is 11.2. The van der Waals surface area contributed by atoms with E-state index in [0.29, 0.717) is 30.0 Å². The molecule has 0 aromatic heterocycles. The maximum Gasteiger partial charge on any atom is 0.407 e. The van der Waals surface area contributed by atoms with Crippen LogP contribution in [0.5, 0.6) is 0 Å².